The van der Waals surface area contributed by atoms with Crippen LogP contribution in [0, 0.1) is 0 Å². The summed E-state index contributed by atoms with van der Waals surface area (Å²) in [6.07, 6.45) is 7.77. The first-order valence-corrected chi connectivity index (χ1v) is 19.9. The van der Waals surface area contributed by atoms with Gasteiger partial charge in [-0.05, 0) is 55.2 Å². The van der Waals surface area contributed by atoms with Gasteiger partial charge in [-0.15, -0.1) is 23.2 Å². The fourth-order valence-electron chi connectivity index (χ4n) is 6.85. The summed E-state index contributed by atoms with van der Waals surface area (Å²) in [5.74, 6) is -0.626. The van der Waals surface area contributed by atoms with Gasteiger partial charge >= 0.3 is 0 Å². The van der Waals surface area contributed by atoms with E-state index in [4.69, 9.17) is 28.9 Å². The second-order valence-electron chi connectivity index (χ2n) is 13.5. The third-order valence-corrected chi connectivity index (χ3v) is 11.5. The van der Waals surface area contributed by atoms with E-state index in [1.165, 1.54) is 11.3 Å². The third kappa shape index (κ3) is 9.80. The lowest BCUT2D eigenvalue weighted by Gasteiger charge is -2.35. The number of hydrogen-bond acceptors (Lipinski definition) is 10. The minimum atomic E-state index is -0.803. The van der Waals surface area contributed by atoms with E-state index in [-0.39, 0.29) is 54.3 Å². The number of amides is 2. The van der Waals surface area contributed by atoms with Gasteiger partial charge < -0.3 is 31.0 Å². The number of nitrogens with one attached hydrogen (secondary N) is 2. The van der Waals surface area contributed by atoms with Crippen molar-refractivity contribution >= 4 is 85.2 Å². The number of para-hydroxylation sites is 1. The summed E-state index contributed by atoms with van der Waals surface area (Å²) in [7, 11) is 0. The summed E-state index contributed by atoms with van der Waals surface area (Å²) in [6.45, 7) is 4.51. The lowest BCUT2D eigenvalue weighted by atomic mass is 10.0. The molecule has 4 N–H and O–H groups in total. The monoisotopic (exact) mass is 811 g/mol. The molecule has 2 aliphatic rings. The molecule has 0 spiro atoms. The number of thiazole rings is 1. The summed E-state index contributed by atoms with van der Waals surface area (Å²) in [5.41, 5.74) is 11.6. The van der Waals surface area contributed by atoms with Crippen LogP contribution in [0.25, 0.3) is 10.2 Å². The normalized spacial score (nSPS) is 19.3. The van der Waals surface area contributed by atoms with Crippen molar-refractivity contribution in [1.29, 1.82) is 0 Å². The van der Waals surface area contributed by atoms with Crippen molar-refractivity contribution in [3.05, 3.63) is 125 Å². The van der Waals surface area contributed by atoms with Gasteiger partial charge in [0.25, 0.3) is 0 Å². The van der Waals surface area contributed by atoms with E-state index in [2.05, 4.69) is 20.6 Å². The maximum atomic E-state index is 13.9. The summed E-state index contributed by atoms with van der Waals surface area (Å²) >= 11 is 13.9. The fraction of sp³-hybridized carbons (Fsp3) is 0.286. The second kappa shape index (κ2) is 18.7. The Kier molecular flexibility index (Phi) is 13.5. The molecule has 1 saturated heterocycles. The van der Waals surface area contributed by atoms with Crippen LogP contribution in [0.5, 0.6) is 0 Å². The number of carbonyl (C=O) groups is 4. The number of nitrogens with two attached hydrogens (primary N) is 1. The number of benzene rings is 3. The second-order valence-corrected chi connectivity index (χ2v) is 15.6. The summed E-state index contributed by atoms with van der Waals surface area (Å²) in [4.78, 5) is 65.4. The Morgan fingerprint density at radius 1 is 1.05 bits per heavy atom. The molecule has 2 heterocycles. The largest absolute Gasteiger partial charge is 0.375 e. The van der Waals surface area contributed by atoms with E-state index >= 15 is 0 Å². The quantitative estimate of drug-likeness (QED) is 0.0514. The lowest BCUT2D eigenvalue weighted by molar-refractivity contribution is -0.133. The molecule has 3 aromatic carbocycles. The van der Waals surface area contributed by atoms with Crippen LogP contribution in [0.1, 0.15) is 41.8 Å². The average Bonchev–Trinajstić information content (AvgIpc) is 3.75. The van der Waals surface area contributed by atoms with Crippen molar-refractivity contribution in [2.24, 2.45) is 4.99 Å². The Morgan fingerprint density at radius 2 is 1.82 bits per heavy atom. The van der Waals surface area contributed by atoms with Crippen LogP contribution in [-0.2, 0) is 27.3 Å². The molecule has 6 rings (SSSR count). The predicted molar refractivity (Wildman–Crippen MR) is 225 cm³/mol. The van der Waals surface area contributed by atoms with Crippen LogP contribution in [0.4, 0.5) is 10.8 Å². The van der Waals surface area contributed by atoms with Gasteiger partial charge in [-0.2, -0.15) is 0 Å². The van der Waals surface area contributed by atoms with Crippen LogP contribution < -0.4 is 16.4 Å². The molecule has 1 aromatic heterocycles. The van der Waals surface area contributed by atoms with Crippen LogP contribution in [0.3, 0.4) is 0 Å². The molecule has 1 aliphatic heterocycles. The molecule has 14 heteroatoms. The summed E-state index contributed by atoms with van der Waals surface area (Å²) in [5, 5.41) is 6.24. The number of anilines is 1. The summed E-state index contributed by atoms with van der Waals surface area (Å²) in [6, 6.07) is 21.3. The molecule has 0 bridgehead atoms. The maximum absolute atomic E-state index is 13.9. The Bertz CT molecular complexity index is 2200. The first kappa shape index (κ1) is 40.5. The fourth-order valence-corrected chi connectivity index (χ4v) is 8.02. The molecule has 1 aliphatic carbocycles. The molecule has 2 unspecified atom stereocenters. The number of ketones is 1. The number of allylic oxidation sites excluding steroid dienone is 3. The molecule has 1 fully saturated rings. The number of alkyl halides is 2. The Labute approximate surface area is 340 Å². The SMILES string of the molecule is C/C=C(/CC(=O)NCC1=CC(Cl)C(Cl)C=C1)N1CC(=O)N([C@H](C=O)Cc2ccc(N=C(C)C(=O)c3ccccc3)cc2)[C@@H]1CNCc1cccc2sc(N)nc12. The molecule has 4 atom stereocenters. The number of carbonyl (C=O) groups excluding carboxylic acids is 4. The lowest BCUT2D eigenvalue weighted by Crippen LogP contribution is -2.51. The molecule has 0 radical (unpaired) electrons. The molecular weight excluding hydrogens is 769 g/mol. The predicted octanol–water partition coefficient (Wildman–Crippen LogP) is 6.35. The number of rotatable bonds is 16. The maximum Gasteiger partial charge on any atom is 0.244 e. The number of aldehydes is 1. The molecule has 0 saturated carbocycles. The number of aliphatic imine (C=N–C) groups is 1. The van der Waals surface area contributed by atoms with Gasteiger partial charge in [-0.1, -0.05) is 90.2 Å². The minimum absolute atomic E-state index is 0.0108. The Balaban J connectivity index is 1.19. The Morgan fingerprint density at radius 3 is 2.54 bits per heavy atom. The van der Waals surface area contributed by atoms with Crippen molar-refractivity contribution in [3.8, 4) is 0 Å². The first-order valence-electron chi connectivity index (χ1n) is 18.2. The summed E-state index contributed by atoms with van der Waals surface area (Å²) < 4.78 is 0.975. The highest BCUT2D eigenvalue weighted by molar-refractivity contribution is 7.22. The molecule has 290 valence electrons. The molecule has 56 heavy (non-hydrogen) atoms. The van der Waals surface area contributed by atoms with E-state index in [9.17, 15) is 19.2 Å². The van der Waals surface area contributed by atoms with Gasteiger partial charge in [0.2, 0.25) is 17.6 Å². The average molecular weight is 813 g/mol. The van der Waals surface area contributed by atoms with Crippen LogP contribution >= 0.6 is 34.5 Å². The van der Waals surface area contributed by atoms with Gasteiger partial charge in [0.15, 0.2) is 5.13 Å². The molecule has 2 amide bonds. The zero-order valence-electron chi connectivity index (χ0n) is 31.0. The van der Waals surface area contributed by atoms with Crippen LogP contribution in [0.2, 0.25) is 0 Å². The zero-order valence-corrected chi connectivity index (χ0v) is 33.4. The van der Waals surface area contributed by atoms with E-state index < -0.39 is 12.2 Å². The standard InChI is InChI=1S/C42H43Cl2N7O4S/c1-3-32(20-37(53)47-21-28-14-17-34(43)35(44)19-28)50-24-39(54)51(38(50)23-46-22-30-10-7-11-36-40(30)49-42(45)56-36)33(25-52)18-27-12-15-31(16-13-27)48-26(2)41(55)29-8-5-4-6-9-29/h3-17,19,25,33-35,38,46H,18,20-24H2,1-2H3,(H2,45,49)(H,47,53)/b32-3-,48-26?/t33-,34?,35?,38+/m0/s1. The van der Waals surface area contributed by atoms with Gasteiger partial charge in [-0.25, -0.2) is 9.98 Å². The van der Waals surface area contributed by atoms with Crippen molar-refractivity contribution < 1.29 is 19.2 Å². The number of halogens is 2. The van der Waals surface area contributed by atoms with Crippen molar-refractivity contribution in [2.45, 2.75) is 56.2 Å². The Hall–Kier alpha value is -5.14. The van der Waals surface area contributed by atoms with Crippen LogP contribution in [-0.4, -0.2) is 87.0 Å². The highest BCUT2D eigenvalue weighted by atomic mass is 35.5. The van der Waals surface area contributed by atoms with Gasteiger partial charge in [0.05, 0.1) is 51.4 Å². The van der Waals surface area contributed by atoms with Crippen molar-refractivity contribution in [2.75, 3.05) is 25.4 Å². The van der Waals surface area contributed by atoms with E-state index in [1.54, 1.807) is 42.2 Å². The van der Waals surface area contributed by atoms with E-state index in [0.717, 1.165) is 33.2 Å². The number of aromatic nitrogens is 1. The molecule has 4 aromatic rings. The van der Waals surface area contributed by atoms with Gasteiger partial charge in [-0.3, -0.25) is 14.4 Å². The number of nitrogens with zero attached hydrogens (tertiary/aromatic N) is 4. The van der Waals surface area contributed by atoms with Crippen molar-refractivity contribution in [3.63, 3.8) is 0 Å². The topological polar surface area (TPSA) is 150 Å². The highest BCUT2D eigenvalue weighted by Crippen LogP contribution is 2.29. The first-order chi connectivity index (χ1) is 27.0. The van der Waals surface area contributed by atoms with Gasteiger partial charge in [0, 0.05) is 30.9 Å². The number of fused-ring (bicyclic) bond motifs is 1. The van der Waals surface area contributed by atoms with Crippen molar-refractivity contribution in [1.82, 2.24) is 25.4 Å². The van der Waals surface area contributed by atoms with E-state index in [0.29, 0.717) is 40.9 Å². The molecular formula is C42H43Cl2N7O4S. The highest BCUT2D eigenvalue weighted by Gasteiger charge is 2.42. The van der Waals surface area contributed by atoms with Gasteiger partial charge in [0.1, 0.15) is 12.5 Å². The number of Topliss-reactive ketones (excluding diaryl/α,β-unsaturated/α-hetero) is 1. The molecule has 11 nitrogen and oxygen atoms in total. The minimum Gasteiger partial charge on any atom is -0.375 e. The number of nitrogen functional groups attached to an aromatic ring is 1. The third-order valence-electron chi connectivity index (χ3n) is 9.70. The number of hydrogen-bond donors (Lipinski definition) is 3. The zero-order chi connectivity index (χ0) is 39.8. The van der Waals surface area contributed by atoms with E-state index in [1.807, 2.05) is 78.6 Å². The van der Waals surface area contributed by atoms with Crippen LogP contribution in [0.15, 0.2) is 113 Å². The smallest absolute Gasteiger partial charge is 0.244 e.